The lowest BCUT2D eigenvalue weighted by molar-refractivity contribution is 0.469. The van der Waals surface area contributed by atoms with E-state index in [0.29, 0.717) is 4.34 Å². The van der Waals surface area contributed by atoms with E-state index in [0.717, 1.165) is 4.88 Å². The molecule has 0 unspecified atom stereocenters. The van der Waals surface area contributed by atoms with Crippen molar-refractivity contribution >= 4 is 33.0 Å². The number of nitriles is 1. The van der Waals surface area contributed by atoms with Crippen LogP contribution in [-0.2, 0) is 16.6 Å². The maximum atomic E-state index is 12.5. The Hall–Kier alpha value is -1.39. The average Bonchev–Trinajstić information content (AvgIpc) is 2.84. The predicted octanol–water partition coefficient (Wildman–Crippen LogP) is 3.09. The molecule has 0 fully saturated rings. The minimum Gasteiger partial charge on any atom is -0.207 e. The maximum Gasteiger partial charge on any atom is 0.244 e. The van der Waals surface area contributed by atoms with Gasteiger partial charge in [-0.3, -0.25) is 0 Å². The summed E-state index contributed by atoms with van der Waals surface area (Å²) in [6.07, 6.45) is 0. The molecule has 0 saturated carbocycles. The molecule has 0 aliphatic heterocycles. The summed E-state index contributed by atoms with van der Waals surface area (Å²) in [5.41, 5.74) is 0.142. The van der Waals surface area contributed by atoms with Crippen molar-refractivity contribution in [2.45, 2.75) is 11.4 Å². The molecule has 0 bridgehead atoms. The summed E-state index contributed by atoms with van der Waals surface area (Å²) in [6, 6.07) is 11.6. The highest BCUT2D eigenvalue weighted by molar-refractivity contribution is 7.89. The van der Waals surface area contributed by atoms with Gasteiger partial charge in [-0.25, -0.2) is 8.42 Å². The number of hydrogen-bond donors (Lipinski definition) is 0. The first kappa shape index (κ1) is 15.0. The third-order valence-electron chi connectivity index (χ3n) is 2.70. The van der Waals surface area contributed by atoms with Crippen LogP contribution in [0.4, 0.5) is 0 Å². The van der Waals surface area contributed by atoms with Gasteiger partial charge >= 0.3 is 0 Å². The third-order valence-corrected chi connectivity index (χ3v) is 5.78. The van der Waals surface area contributed by atoms with E-state index in [2.05, 4.69) is 0 Å². The molecule has 1 aromatic carbocycles. The standard InChI is InChI=1S/C13H11ClN2O2S2/c1-16(9-11-6-7-13(14)19-11)20(17,18)12-5-3-2-4-10(12)8-15/h2-7H,9H2,1H3. The molecular formula is C13H11ClN2O2S2. The number of halogens is 1. The van der Waals surface area contributed by atoms with Crippen molar-refractivity contribution in [3.05, 3.63) is 51.2 Å². The Balaban J connectivity index is 2.32. The van der Waals surface area contributed by atoms with Crippen molar-refractivity contribution < 1.29 is 8.42 Å². The first-order valence-electron chi connectivity index (χ1n) is 5.65. The Bertz CT molecular complexity index is 763. The number of sulfonamides is 1. The SMILES string of the molecule is CN(Cc1ccc(Cl)s1)S(=O)(=O)c1ccccc1C#N. The van der Waals surface area contributed by atoms with Gasteiger partial charge in [-0.2, -0.15) is 9.57 Å². The van der Waals surface area contributed by atoms with E-state index < -0.39 is 10.0 Å². The number of benzene rings is 1. The van der Waals surface area contributed by atoms with Gasteiger partial charge in [-0.05, 0) is 24.3 Å². The van der Waals surface area contributed by atoms with Gasteiger partial charge < -0.3 is 0 Å². The molecule has 0 aliphatic rings. The van der Waals surface area contributed by atoms with Crippen molar-refractivity contribution in [1.82, 2.24) is 4.31 Å². The van der Waals surface area contributed by atoms with Crippen molar-refractivity contribution in [3.63, 3.8) is 0 Å². The largest absolute Gasteiger partial charge is 0.244 e. The fourth-order valence-electron chi connectivity index (χ4n) is 1.69. The fourth-order valence-corrected chi connectivity index (χ4v) is 4.20. The van der Waals surface area contributed by atoms with E-state index in [4.69, 9.17) is 16.9 Å². The molecule has 0 radical (unpaired) electrons. The van der Waals surface area contributed by atoms with Gasteiger partial charge in [0.05, 0.1) is 14.8 Å². The summed E-state index contributed by atoms with van der Waals surface area (Å²) in [5.74, 6) is 0. The second kappa shape index (κ2) is 5.94. The molecule has 0 N–H and O–H groups in total. The van der Waals surface area contributed by atoms with Gasteiger partial charge in [0, 0.05) is 18.5 Å². The first-order valence-corrected chi connectivity index (χ1v) is 8.28. The van der Waals surface area contributed by atoms with Crippen LogP contribution in [0.15, 0.2) is 41.3 Å². The normalized spacial score (nSPS) is 11.5. The lowest BCUT2D eigenvalue weighted by Crippen LogP contribution is -2.26. The molecule has 0 spiro atoms. The summed E-state index contributed by atoms with van der Waals surface area (Å²) in [7, 11) is -2.21. The van der Waals surface area contributed by atoms with Crippen LogP contribution in [-0.4, -0.2) is 19.8 Å². The zero-order valence-corrected chi connectivity index (χ0v) is 13.0. The highest BCUT2D eigenvalue weighted by atomic mass is 35.5. The van der Waals surface area contributed by atoms with Crippen LogP contribution in [0, 0.1) is 11.3 Å². The number of thiophene rings is 1. The summed E-state index contributed by atoms with van der Waals surface area (Å²) in [5, 5.41) is 9.01. The van der Waals surface area contributed by atoms with Crippen molar-refractivity contribution in [1.29, 1.82) is 5.26 Å². The maximum absolute atomic E-state index is 12.5. The summed E-state index contributed by atoms with van der Waals surface area (Å²) in [6.45, 7) is 0.222. The number of nitrogens with zero attached hydrogens (tertiary/aromatic N) is 2. The summed E-state index contributed by atoms with van der Waals surface area (Å²) >= 11 is 7.16. The predicted molar refractivity (Wildman–Crippen MR) is 79.1 cm³/mol. The van der Waals surface area contributed by atoms with Crippen LogP contribution in [0.25, 0.3) is 0 Å². The quantitative estimate of drug-likeness (QED) is 0.867. The summed E-state index contributed by atoms with van der Waals surface area (Å²) < 4.78 is 26.8. The highest BCUT2D eigenvalue weighted by Gasteiger charge is 2.24. The van der Waals surface area contributed by atoms with Crippen molar-refractivity contribution in [3.8, 4) is 6.07 Å². The highest BCUT2D eigenvalue weighted by Crippen LogP contribution is 2.25. The molecule has 2 aromatic rings. The van der Waals surface area contributed by atoms with Crippen molar-refractivity contribution in [2.24, 2.45) is 0 Å². The second-order valence-corrected chi connectivity index (χ2v) is 7.89. The molecule has 2 rings (SSSR count). The third kappa shape index (κ3) is 3.02. The zero-order chi connectivity index (χ0) is 14.8. The molecule has 1 aromatic heterocycles. The van der Waals surface area contributed by atoms with Gasteiger partial charge in [0.15, 0.2) is 0 Å². The number of rotatable bonds is 4. The Kier molecular flexibility index (Phi) is 4.45. The molecule has 0 atom stereocenters. The van der Waals surface area contributed by atoms with E-state index >= 15 is 0 Å². The van der Waals surface area contributed by atoms with E-state index in [-0.39, 0.29) is 17.0 Å². The Morgan fingerprint density at radius 3 is 2.60 bits per heavy atom. The summed E-state index contributed by atoms with van der Waals surface area (Å²) in [4.78, 5) is 0.864. The molecule has 1 heterocycles. The Morgan fingerprint density at radius 1 is 1.30 bits per heavy atom. The molecule has 104 valence electrons. The van der Waals surface area contributed by atoms with Crippen LogP contribution in [0.5, 0.6) is 0 Å². The monoisotopic (exact) mass is 326 g/mol. The Morgan fingerprint density at radius 2 is 2.00 bits per heavy atom. The molecule has 20 heavy (non-hydrogen) atoms. The fraction of sp³-hybridized carbons (Fsp3) is 0.154. The van der Waals surface area contributed by atoms with Crippen LogP contribution in [0.3, 0.4) is 0 Å². The zero-order valence-electron chi connectivity index (χ0n) is 10.6. The van der Waals surface area contributed by atoms with E-state index in [9.17, 15) is 8.42 Å². The van der Waals surface area contributed by atoms with Gasteiger partial charge in [0.25, 0.3) is 0 Å². The number of hydrogen-bond acceptors (Lipinski definition) is 4. The first-order chi connectivity index (χ1) is 9.45. The minimum atomic E-state index is -3.70. The molecule has 4 nitrogen and oxygen atoms in total. The molecule has 0 saturated heterocycles. The van der Waals surface area contributed by atoms with Crippen LogP contribution in [0.2, 0.25) is 4.34 Å². The van der Waals surface area contributed by atoms with E-state index in [1.807, 2.05) is 6.07 Å². The van der Waals surface area contributed by atoms with Crippen LogP contribution < -0.4 is 0 Å². The lowest BCUT2D eigenvalue weighted by Gasteiger charge is -2.17. The van der Waals surface area contributed by atoms with Gasteiger partial charge in [0.2, 0.25) is 10.0 Å². The molecule has 0 aliphatic carbocycles. The minimum absolute atomic E-state index is 0.0210. The smallest absolute Gasteiger partial charge is 0.207 e. The van der Waals surface area contributed by atoms with E-state index in [1.165, 1.54) is 34.8 Å². The average molecular weight is 327 g/mol. The molecule has 0 amide bonds. The van der Waals surface area contributed by atoms with Gasteiger partial charge in [-0.1, -0.05) is 23.7 Å². The second-order valence-electron chi connectivity index (χ2n) is 4.07. The van der Waals surface area contributed by atoms with E-state index in [1.54, 1.807) is 24.3 Å². The van der Waals surface area contributed by atoms with Crippen molar-refractivity contribution in [2.75, 3.05) is 7.05 Å². The van der Waals surface area contributed by atoms with Gasteiger partial charge in [0.1, 0.15) is 6.07 Å². The van der Waals surface area contributed by atoms with Crippen LogP contribution in [0.1, 0.15) is 10.4 Å². The van der Waals surface area contributed by atoms with Crippen LogP contribution >= 0.6 is 22.9 Å². The molecule has 7 heteroatoms. The Labute approximate surface area is 126 Å². The topological polar surface area (TPSA) is 61.2 Å². The molecular weight excluding hydrogens is 316 g/mol. The van der Waals surface area contributed by atoms with Gasteiger partial charge in [-0.15, -0.1) is 11.3 Å². The lowest BCUT2D eigenvalue weighted by atomic mass is 10.2.